The first kappa shape index (κ1) is 11.6. The lowest BCUT2D eigenvalue weighted by Gasteiger charge is -2.09. The molecule has 1 aromatic heterocycles. The number of carbonyl (C=O) groups excluding carboxylic acids is 1. The van der Waals surface area contributed by atoms with E-state index in [1.807, 2.05) is 11.4 Å². The van der Waals surface area contributed by atoms with Gasteiger partial charge in [-0.3, -0.25) is 4.79 Å². The molecule has 1 atom stereocenters. The molecule has 2 rings (SSSR count). The van der Waals surface area contributed by atoms with E-state index in [1.54, 1.807) is 11.3 Å². The summed E-state index contributed by atoms with van der Waals surface area (Å²) < 4.78 is 0. The molecule has 0 saturated carbocycles. The van der Waals surface area contributed by atoms with Crippen molar-refractivity contribution in [2.24, 2.45) is 0 Å². The van der Waals surface area contributed by atoms with Crippen LogP contribution in [0.25, 0.3) is 0 Å². The van der Waals surface area contributed by atoms with E-state index in [4.69, 9.17) is 0 Å². The van der Waals surface area contributed by atoms with Crippen LogP contribution in [-0.2, 0) is 11.3 Å². The van der Waals surface area contributed by atoms with E-state index in [1.165, 1.54) is 18.4 Å². The van der Waals surface area contributed by atoms with Crippen LogP contribution in [0.5, 0.6) is 0 Å². The van der Waals surface area contributed by atoms with Gasteiger partial charge in [0.2, 0.25) is 5.91 Å². The van der Waals surface area contributed by atoms with Crippen molar-refractivity contribution in [1.29, 1.82) is 0 Å². The smallest absolute Gasteiger partial charge is 0.220 e. The van der Waals surface area contributed by atoms with Crippen LogP contribution < -0.4 is 10.6 Å². The molecule has 1 aliphatic rings. The minimum absolute atomic E-state index is 0.167. The molecule has 2 heterocycles. The second-order valence-corrected chi connectivity index (χ2v) is 5.02. The molecule has 0 aromatic carbocycles. The number of carbonyl (C=O) groups is 1. The van der Waals surface area contributed by atoms with Crippen LogP contribution in [0.3, 0.4) is 0 Å². The number of hydrogen-bond acceptors (Lipinski definition) is 3. The van der Waals surface area contributed by atoms with Gasteiger partial charge < -0.3 is 10.6 Å². The number of amides is 1. The fourth-order valence-electron chi connectivity index (χ4n) is 1.99. The van der Waals surface area contributed by atoms with E-state index in [9.17, 15) is 4.79 Å². The van der Waals surface area contributed by atoms with Crippen molar-refractivity contribution < 1.29 is 4.79 Å². The topological polar surface area (TPSA) is 41.1 Å². The third-order valence-electron chi connectivity index (χ3n) is 2.95. The molecule has 1 fully saturated rings. The minimum Gasteiger partial charge on any atom is -0.352 e. The normalized spacial score (nSPS) is 19.9. The quantitative estimate of drug-likeness (QED) is 0.822. The maximum Gasteiger partial charge on any atom is 0.220 e. The summed E-state index contributed by atoms with van der Waals surface area (Å²) in [6.07, 6.45) is 4.08. The molecule has 88 valence electrons. The van der Waals surface area contributed by atoms with Crippen LogP contribution in [-0.4, -0.2) is 18.5 Å². The fraction of sp³-hybridized carbons (Fsp3) is 0.583. The Kier molecular flexibility index (Phi) is 4.36. The van der Waals surface area contributed by atoms with Crippen LogP contribution in [0.2, 0.25) is 0 Å². The molecule has 1 saturated heterocycles. The van der Waals surface area contributed by atoms with Crippen LogP contribution in [0, 0.1) is 0 Å². The first-order valence-electron chi connectivity index (χ1n) is 5.86. The number of rotatable bonds is 5. The molecule has 1 amide bonds. The highest BCUT2D eigenvalue weighted by molar-refractivity contribution is 7.07. The number of thiophene rings is 1. The van der Waals surface area contributed by atoms with Crippen molar-refractivity contribution >= 4 is 17.2 Å². The van der Waals surface area contributed by atoms with Gasteiger partial charge in [-0.2, -0.15) is 11.3 Å². The van der Waals surface area contributed by atoms with Crippen molar-refractivity contribution in [2.75, 3.05) is 6.54 Å². The monoisotopic (exact) mass is 238 g/mol. The fourth-order valence-corrected chi connectivity index (χ4v) is 2.66. The highest BCUT2D eigenvalue weighted by Crippen LogP contribution is 2.10. The Morgan fingerprint density at radius 1 is 1.62 bits per heavy atom. The maximum atomic E-state index is 11.6. The molecule has 1 aliphatic heterocycles. The van der Waals surface area contributed by atoms with Crippen LogP contribution in [0.1, 0.15) is 31.2 Å². The summed E-state index contributed by atoms with van der Waals surface area (Å²) in [5.74, 6) is 0.167. The van der Waals surface area contributed by atoms with Crippen LogP contribution in [0.4, 0.5) is 0 Å². The van der Waals surface area contributed by atoms with Gasteiger partial charge in [-0.1, -0.05) is 0 Å². The Labute approximate surface area is 100 Å². The zero-order chi connectivity index (χ0) is 11.2. The predicted molar refractivity (Wildman–Crippen MR) is 66.4 cm³/mol. The molecular formula is C12H18N2OS. The summed E-state index contributed by atoms with van der Waals surface area (Å²) >= 11 is 1.66. The third kappa shape index (κ3) is 3.61. The average Bonchev–Trinajstić information content (AvgIpc) is 2.96. The Balaban J connectivity index is 1.60. The van der Waals surface area contributed by atoms with Crippen molar-refractivity contribution in [3.05, 3.63) is 22.4 Å². The van der Waals surface area contributed by atoms with Crippen molar-refractivity contribution in [3.8, 4) is 0 Å². The van der Waals surface area contributed by atoms with Gasteiger partial charge in [0.15, 0.2) is 0 Å². The van der Waals surface area contributed by atoms with E-state index in [0.29, 0.717) is 19.0 Å². The SMILES string of the molecule is O=C(CCC1CCCN1)NCc1ccsc1. The first-order valence-corrected chi connectivity index (χ1v) is 6.80. The Morgan fingerprint density at radius 2 is 2.56 bits per heavy atom. The van der Waals surface area contributed by atoms with Crippen molar-refractivity contribution in [2.45, 2.75) is 38.3 Å². The van der Waals surface area contributed by atoms with Gasteiger partial charge in [0, 0.05) is 19.0 Å². The molecular weight excluding hydrogens is 220 g/mol. The van der Waals surface area contributed by atoms with Crippen LogP contribution in [0.15, 0.2) is 16.8 Å². The first-order chi connectivity index (χ1) is 7.84. The Hall–Kier alpha value is -0.870. The molecule has 0 aliphatic carbocycles. The van der Waals surface area contributed by atoms with Gasteiger partial charge in [0.1, 0.15) is 0 Å². The summed E-state index contributed by atoms with van der Waals surface area (Å²) in [6, 6.07) is 2.61. The summed E-state index contributed by atoms with van der Waals surface area (Å²) in [5, 5.41) is 10.5. The maximum absolute atomic E-state index is 11.6. The molecule has 0 bridgehead atoms. The third-order valence-corrected chi connectivity index (χ3v) is 3.68. The second kappa shape index (κ2) is 6.01. The zero-order valence-corrected chi connectivity index (χ0v) is 10.2. The Morgan fingerprint density at radius 3 is 3.25 bits per heavy atom. The van der Waals surface area contributed by atoms with E-state index in [0.717, 1.165) is 13.0 Å². The molecule has 16 heavy (non-hydrogen) atoms. The van der Waals surface area contributed by atoms with E-state index in [2.05, 4.69) is 16.0 Å². The lowest BCUT2D eigenvalue weighted by atomic mass is 10.1. The highest BCUT2D eigenvalue weighted by Gasteiger charge is 2.14. The van der Waals surface area contributed by atoms with Gasteiger partial charge in [-0.25, -0.2) is 0 Å². The van der Waals surface area contributed by atoms with E-state index < -0.39 is 0 Å². The summed E-state index contributed by atoms with van der Waals surface area (Å²) in [4.78, 5) is 11.6. The number of nitrogens with one attached hydrogen (secondary N) is 2. The zero-order valence-electron chi connectivity index (χ0n) is 9.37. The van der Waals surface area contributed by atoms with Gasteiger partial charge in [0.25, 0.3) is 0 Å². The molecule has 4 heteroatoms. The molecule has 3 nitrogen and oxygen atoms in total. The summed E-state index contributed by atoms with van der Waals surface area (Å²) in [7, 11) is 0. The van der Waals surface area contributed by atoms with E-state index >= 15 is 0 Å². The summed E-state index contributed by atoms with van der Waals surface area (Å²) in [5.41, 5.74) is 1.19. The minimum atomic E-state index is 0.167. The molecule has 1 unspecified atom stereocenters. The van der Waals surface area contributed by atoms with Gasteiger partial charge in [-0.15, -0.1) is 0 Å². The van der Waals surface area contributed by atoms with Gasteiger partial charge in [0.05, 0.1) is 0 Å². The van der Waals surface area contributed by atoms with Crippen LogP contribution >= 0.6 is 11.3 Å². The lowest BCUT2D eigenvalue weighted by Crippen LogP contribution is -2.27. The van der Waals surface area contributed by atoms with Crippen molar-refractivity contribution in [1.82, 2.24) is 10.6 Å². The largest absolute Gasteiger partial charge is 0.352 e. The summed E-state index contributed by atoms with van der Waals surface area (Å²) in [6.45, 7) is 1.78. The van der Waals surface area contributed by atoms with Gasteiger partial charge >= 0.3 is 0 Å². The predicted octanol–water partition coefficient (Wildman–Crippen LogP) is 1.90. The molecule has 1 aromatic rings. The molecule has 0 radical (unpaired) electrons. The van der Waals surface area contributed by atoms with E-state index in [-0.39, 0.29) is 5.91 Å². The second-order valence-electron chi connectivity index (χ2n) is 4.24. The average molecular weight is 238 g/mol. The molecule has 2 N–H and O–H groups in total. The van der Waals surface area contributed by atoms with Gasteiger partial charge in [-0.05, 0) is 48.2 Å². The standard InChI is InChI=1S/C12H18N2OS/c15-12(4-3-11-2-1-6-13-11)14-8-10-5-7-16-9-10/h5,7,9,11,13H,1-4,6,8H2,(H,14,15). The Bertz CT molecular complexity index is 318. The molecule has 0 spiro atoms. The number of hydrogen-bond donors (Lipinski definition) is 2. The van der Waals surface area contributed by atoms with Crippen molar-refractivity contribution in [3.63, 3.8) is 0 Å². The highest BCUT2D eigenvalue weighted by atomic mass is 32.1. The lowest BCUT2D eigenvalue weighted by molar-refractivity contribution is -0.121.